The molecule has 2 aromatic carbocycles. The van der Waals surface area contributed by atoms with Crippen molar-refractivity contribution in [3.63, 3.8) is 0 Å². The van der Waals surface area contributed by atoms with Gasteiger partial charge in [-0.05, 0) is 25.0 Å². The van der Waals surface area contributed by atoms with Gasteiger partial charge < -0.3 is 14.8 Å². The molecule has 3 aromatic rings. The van der Waals surface area contributed by atoms with E-state index in [0.717, 1.165) is 18.4 Å². The van der Waals surface area contributed by atoms with Gasteiger partial charge in [0.2, 0.25) is 6.10 Å². The van der Waals surface area contributed by atoms with Crippen LogP contribution in [0, 0.1) is 0 Å². The highest BCUT2D eigenvalue weighted by Crippen LogP contribution is 2.36. The van der Waals surface area contributed by atoms with E-state index >= 15 is 0 Å². The summed E-state index contributed by atoms with van der Waals surface area (Å²) >= 11 is 0. The third-order valence-corrected chi connectivity index (χ3v) is 5.24. The first-order chi connectivity index (χ1) is 14.7. The number of nitrogens with zero attached hydrogens (tertiary/aromatic N) is 3. The predicted molar refractivity (Wildman–Crippen MR) is 110 cm³/mol. The molecule has 1 amide bonds. The van der Waals surface area contributed by atoms with Crippen LogP contribution in [-0.2, 0) is 11.3 Å². The van der Waals surface area contributed by atoms with Crippen molar-refractivity contribution in [1.29, 1.82) is 0 Å². The lowest BCUT2D eigenvalue weighted by molar-refractivity contribution is -0.130. The zero-order valence-corrected chi connectivity index (χ0v) is 16.4. The van der Waals surface area contributed by atoms with Crippen molar-refractivity contribution in [3.8, 4) is 22.9 Å². The van der Waals surface area contributed by atoms with Crippen LogP contribution in [0.25, 0.3) is 11.4 Å². The number of ether oxygens (including phenoxy) is 2. The zero-order chi connectivity index (χ0) is 20.5. The average molecular weight is 406 g/mol. The minimum absolute atomic E-state index is 0.142. The molecule has 1 unspecified atom stereocenters. The SMILES string of the molecule is O=C(NCCn1nc(-c2ccccc2)n(C2CC2)c1=O)C1COc2ccccc2O1. The molecule has 0 bridgehead atoms. The van der Waals surface area contributed by atoms with Crippen LogP contribution in [0.15, 0.2) is 59.4 Å². The van der Waals surface area contributed by atoms with Crippen LogP contribution in [0.3, 0.4) is 0 Å². The Hall–Kier alpha value is -3.55. The Morgan fingerprint density at radius 2 is 1.80 bits per heavy atom. The highest BCUT2D eigenvalue weighted by atomic mass is 16.6. The summed E-state index contributed by atoms with van der Waals surface area (Å²) in [5.41, 5.74) is 0.771. The van der Waals surface area contributed by atoms with E-state index < -0.39 is 6.10 Å². The number of nitrogens with one attached hydrogen (secondary N) is 1. The standard InChI is InChI=1S/C22H22N4O4/c27-21(19-14-29-17-8-4-5-9-18(17)30-19)23-12-13-25-22(28)26(16-10-11-16)20(24-25)15-6-2-1-3-7-15/h1-9,16,19H,10-14H2,(H,23,27). The van der Waals surface area contributed by atoms with Gasteiger partial charge in [-0.2, -0.15) is 0 Å². The Labute approximate surface area is 173 Å². The van der Waals surface area contributed by atoms with Gasteiger partial charge in [0.25, 0.3) is 5.91 Å². The topological polar surface area (TPSA) is 87.4 Å². The van der Waals surface area contributed by atoms with Crippen molar-refractivity contribution in [2.75, 3.05) is 13.2 Å². The molecule has 154 valence electrons. The van der Waals surface area contributed by atoms with Crippen molar-refractivity contribution >= 4 is 5.91 Å². The van der Waals surface area contributed by atoms with Crippen molar-refractivity contribution in [2.24, 2.45) is 0 Å². The molecular formula is C22H22N4O4. The summed E-state index contributed by atoms with van der Waals surface area (Å²) in [7, 11) is 0. The molecule has 30 heavy (non-hydrogen) atoms. The summed E-state index contributed by atoms with van der Waals surface area (Å²) in [5, 5.41) is 7.36. The fourth-order valence-corrected chi connectivity index (χ4v) is 3.56. The van der Waals surface area contributed by atoms with Gasteiger partial charge in [-0.1, -0.05) is 42.5 Å². The molecule has 1 aliphatic carbocycles. The van der Waals surface area contributed by atoms with Gasteiger partial charge in [-0.25, -0.2) is 9.48 Å². The molecule has 8 nitrogen and oxygen atoms in total. The number of amides is 1. The first-order valence-electron chi connectivity index (χ1n) is 10.1. The number of benzene rings is 2. The second kappa shape index (κ2) is 7.70. The fourth-order valence-electron chi connectivity index (χ4n) is 3.56. The summed E-state index contributed by atoms with van der Waals surface area (Å²) in [6.45, 7) is 0.710. The second-order valence-corrected chi connectivity index (χ2v) is 7.45. The van der Waals surface area contributed by atoms with Gasteiger partial charge in [0.05, 0.1) is 6.54 Å². The summed E-state index contributed by atoms with van der Waals surface area (Å²) in [5.74, 6) is 1.58. The molecule has 2 heterocycles. The first-order valence-corrected chi connectivity index (χ1v) is 10.1. The predicted octanol–water partition coefficient (Wildman–Crippen LogP) is 2.00. The van der Waals surface area contributed by atoms with E-state index in [4.69, 9.17) is 9.47 Å². The highest BCUT2D eigenvalue weighted by Gasteiger charge is 2.31. The molecule has 1 aromatic heterocycles. The minimum atomic E-state index is -0.722. The number of fused-ring (bicyclic) bond motifs is 1. The molecule has 0 radical (unpaired) electrons. The van der Waals surface area contributed by atoms with E-state index in [1.165, 1.54) is 4.68 Å². The van der Waals surface area contributed by atoms with E-state index in [1.54, 1.807) is 16.7 Å². The molecule has 1 aliphatic heterocycles. The largest absolute Gasteiger partial charge is 0.485 e. The maximum absolute atomic E-state index is 12.9. The van der Waals surface area contributed by atoms with E-state index in [0.29, 0.717) is 17.3 Å². The molecule has 1 fully saturated rings. The average Bonchev–Trinajstić information content (AvgIpc) is 3.57. The number of hydrogen-bond donors (Lipinski definition) is 1. The Kier molecular flexibility index (Phi) is 4.74. The van der Waals surface area contributed by atoms with Crippen molar-refractivity contribution < 1.29 is 14.3 Å². The van der Waals surface area contributed by atoms with Crippen LogP contribution in [0.2, 0.25) is 0 Å². The summed E-state index contributed by atoms with van der Waals surface area (Å²) in [6, 6.07) is 17.2. The minimum Gasteiger partial charge on any atom is -0.485 e. The number of carbonyl (C=O) groups excluding carboxylic acids is 1. The van der Waals surface area contributed by atoms with Crippen LogP contribution in [0.5, 0.6) is 11.5 Å². The lowest BCUT2D eigenvalue weighted by Gasteiger charge is -2.25. The number of carbonyl (C=O) groups is 1. The summed E-state index contributed by atoms with van der Waals surface area (Å²) in [4.78, 5) is 25.3. The molecule has 1 N–H and O–H groups in total. The summed E-state index contributed by atoms with van der Waals surface area (Å²) < 4.78 is 14.5. The number of hydrogen-bond acceptors (Lipinski definition) is 5. The maximum atomic E-state index is 12.9. The second-order valence-electron chi connectivity index (χ2n) is 7.45. The fraction of sp³-hybridized carbons (Fsp3) is 0.318. The van der Waals surface area contributed by atoms with Crippen molar-refractivity contribution in [1.82, 2.24) is 19.7 Å². The van der Waals surface area contributed by atoms with E-state index in [9.17, 15) is 9.59 Å². The monoisotopic (exact) mass is 406 g/mol. The Bertz CT molecular complexity index is 1120. The lowest BCUT2D eigenvalue weighted by Crippen LogP contribution is -2.45. The smallest absolute Gasteiger partial charge is 0.346 e. The Morgan fingerprint density at radius 1 is 1.07 bits per heavy atom. The summed E-state index contributed by atoms with van der Waals surface area (Å²) in [6.07, 6.45) is 1.26. The van der Waals surface area contributed by atoms with Crippen molar-refractivity contribution in [3.05, 3.63) is 65.1 Å². The van der Waals surface area contributed by atoms with Crippen LogP contribution in [0.4, 0.5) is 0 Å². The zero-order valence-electron chi connectivity index (χ0n) is 16.4. The quantitative estimate of drug-likeness (QED) is 0.677. The molecular weight excluding hydrogens is 384 g/mol. The molecule has 2 aliphatic rings. The van der Waals surface area contributed by atoms with Crippen LogP contribution in [-0.4, -0.2) is 39.5 Å². The molecule has 8 heteroatoms. The number of aromatic nitrogens is 3. The van der Waals surface area contributed by atoms with E-state index in [1.807, 2.05) is 42.5 Å². The van der Waals surface area contributed by atoms with Crippen LogP contribution < -0.4 is 20.5 Å². The molecule has 5 rings (SSSR count). The van der Waals surface area contributed by atoms with Gasteiger partial charge >= 0.3 is 5.69 Å². The normalized spacial score (nSPS) is 17.5. The molecule has 1 atom stereocenters. The van der Waals surface area contributed by atoms with Crippen LogP contribution >= 0.6 is 0 Å². The third kappa shape index (κ3) is 3.56. The molecule has 0 saturated heterocycles. The van der Waals surface area contributed by atoms with Gasteiger partial charge in [0.1, 0.15) is 6.61 Å². The van der Waals surface area contributed by atoms with Gasteiger partial charge in [-0.15, -0.1) is 5.10 Å². The van der Waals surface area contributed by atoms with E-state index in [-0.39, 0.29) is 37.3 Å². The van der Waals surface area contributed by atoms with Gasteiger partial charge in [0, 0.05) is 18.2 Å². The maximum Gasteiger partial charge on any atom is 0.346 e. The van der Waals surface area contributed by atoms with Gasteiger partial charge in [-0.3, -0.25) is 9.36 Å². The van der Waals surface area contributed by atoms with Crippen molar-refractivity contribution in [2.45, 2.75) is 31.5 Å². The molecule has 0 spiro atoms. The number of rotatable bonds is 6. The lowest BCUT2D eigenvalue weighted by atomic mass is 10.2. The highest BCUT2D eigenvalue weighted by molar-refractivity contribution is 5.81. The third-order valence-electron chi connectivity index (χ3n) is 5.24. The van der Waals surface area contributed by atoms with Crippen LogP contribution in [0.1, 0.15) is 18.9 Å². The van der Waals surface area contributed by atoms with Gasteiger partial charge in [0.15, 0.2) is 17.3 Å². The number of para-hydroxylation sites is 2. The van der Waals surface area contributed by atoms with E-state index in [2.05, 4.69) is 10.4 Å². The Balaban J connectivity index is 1.25. The first kappa shape index (κ1) is 18.5. The molecule has 1 saturated carbocycles. The Morgan fingerprint density at radius 3 is 2.57 bits per heavy atom.